The number of halogens is 3. The van der Waals surface area contributed by atoms with Crippen LogP contribution >= 0.6 is 33.2 Å². The highest BCUT2D eigenvalue weighted by Gasteiger charge is 2.26. The van der Waals surface area contributed by atoms with Crippen molar-refractivity contribution in [2.75, 3.05) is 6.61 Å². The van der Waals surface area contributed by atoms with E-state index < -0.39 is 6.00 Å². The van der Waals surface area contributed by atoms with Crippen molar-refractivity contribution in [1.82, 2.24) is 0 Å². The van der Waals surface area contributed by atoms with Crippen LogP contribution in [0.3, 0.4) is 0 Å². The van der Waals surface area contributed by atoms with E-state index in [0.29, 0.717) is 12.7 Å². The zero-order chi connectivity index (χ0) is 10.6. The van der Waals surface area contributed by atoms with Crippen LogP contribution in [-0.4, -0.2) is 12.6 Å². The van der Waals surface area contributed by atoms with Crippen molar-refractivity contribution in [2.45, 2.75) is 13.0 Å². The van der Waals surface area contributed by atoms with E-state index in [-0.39, 0.29) is 0 Å². The third kappa shape index (κ3) is 4.09. The molecule has 1 rings (SSSR count). The van der Waals surface area contributed by atoms with Crippen molar-refractivity contribution in [3.8, 4) is 5.75 Å². The number of benzene rings is 1. The second-order valence-corrected chi connectivity index (χ2v) is 12.0. The standard InChI is InChI=1S/C9H11Cl3OSi/c1-2-13-9-6-4-3-5-8(9)7-14(10,11)12/h3-6H,2,7H2,1H3. The molecule has 0 atom stereocenters. The molecule has 0 aliphatic rings. The molecule has 0 unspecified atom stereocenters. The van der Waals surface area contributed by atoms with E-state index in [9.17, 15) is 0 Å². The van der Waals surface area contributed by atoms with Crippen LogP contribution in [0.15, 0.2) is 24.3 Å². The lowest BCUT2D eigenvalue weighted by Gasteiger charge is -2.12. The van der Waals surface area contributed by atoms with E-state index in [1.807, 2.05) is 31.2 Å². The fraction of sp³-hybridized carbons (Fsp3) is 0.333. The highest BCUT2D eigenvalue weighted by molar-refractivity contribution is 7.64. The van der Waals surface area contributed by atoms with Crippen molar-refractivity contribution in [2.24, 2.45) is 0 Å². The zero-order valence-corrected chi connectivity index (χ0v) is 11.0. The minimum Gasteiger partial charge on any atom is -0.494 e. The third-order valence-corrected chi connectivity index (χ3v) is 3.65. The van der Waals surface area contributed by atoms with Crippen LogP contribution in [0.25, 0.3) is 0 Å². The van der Waals surface area contributed by atoms with E-state index in [1.165, 1.54) is 0 Å². The average Bonchev–Trinajstić information content (AvgIpc) is 2.06. The maximum Gasteiger partial charge on any atom is 0.345 e. The molecule has 0 fully saturated rings. The van der Waals surface area contributed by atoms with Crippen molar-refractivity contribution >= 4 is 39.2 Å². The maximum atomic E-state index is 5.85. The summed E-state index contributed by atoms with van der Waals surface area (Å²) in [5, 5.41) is 0. The first-order chi connectivity index (χ1) is 6.53. The Labute approximate surface area is 99.0 Å². The Morgan fingerprint density at radius 3 is 2.43 bits per heavy atom. The van der Waals surface area contributed by atoms with Gasteiger partial charge in [0.15, 0.2) is 0 Å². The molecular weight excluding hydrogens is 259 g/mol. The van der Waals surface area contributed by atoms with Gasteiger partial charge in [-0.2, -0.15) is 0 Å². The Morgan fingerprint density at radius 2 is 1.86 bits per heavy atom. The summed E-state index contributed by atoms with van der Waals surface area (Å²) in [7, 11) is 0. The molecule has 0 N–H and O–H groups in total. The zero-order valence-electron chi connectivity index (χ0n) is 7.77. The summed E-state index contributed by atoms with van der Waals surface area (Å²) >= 11 is 17.6. The summed E-state index contributed by atoms with van der Waals surface area (Å²) in [6.45, 7) is 2.56. The van der Waals surface area contributed by atoms with E-state index in [0.717, 1.165) is 11.3 Å². The van der Waals surface area contributed by atoms with E-state index in [2.05, 4.69) is 0 Å². The SMILES string of the molecule is CCOc1ccccc1C[Si](Cl)(Cl)Cl. The van der Waals surface area contributed by atoms with Gasteiger partial charge < -0.3 is 4.74 Å². The molecule has 0 radical (unpaired) electrons. The molecule has 0 saturated heterocycles. The summed E-state index contributed by atoms with van der Waals surface area (Å²) in [5.74, 6) is 0.814. The first-order valence-corrected chi connectivity index (χ1v) is 9.54. The third-order valence-electron chi connectivity index (χ3n) is 1.66. The smallest absolute Gasteiger partial charge is 0.345 e. The van der Waals surface area contributed by atoms with Gasteiger partial charge in [0, 0.05) is 6.04 Å². The van der Waals surface area contributed by atoms with Gasteiger partial charge in [0.05, 0.1) is 6.61 Å². The lowest BCUT2D eigenvalue weighted by Crippen LogP contribution is -2.15. The van der Waals surface area contributed by atoms with Gasteiger partial charge in [0.1, 0.15) is 5.75 Å². The lowest BCUT2D eigenvalue weighted by molar-refractivity contribution is 0.337. The monoisotopic (exact) mass is 268 g/mol. The Hall–Kier alpha value is 0.107. The molecule has 0 spiro atoms. The van der Waals surface area contributed by atoms with Gasteiger partial charge in [0.2, 0.25) is 0 Å². The normalized spacial score (nSPS) is 11.4. The van der Waals surface area contributed by atoms with Crippen LogP contribution < -0.4 is 4.74 Å². The van der Waals surface area contributed by atoms with Crippen LogP contribution in [-0.2, 0) is 6.04 Å². The van der Waals surface area contributed by atoms with Crippen LogP contribution in [0.1, 0.15) is 12.5 Å². The molecule has 0 saturated carbocycles. The summed E-state index contributed by atoms with van der Waals surface area (Å²) in [4.78, 5) is 0. The summed E-state index contributed by atoms with van der Waals surface area (Å²) in [5.41, 5.74) is 0.973. The van der Waals surface area contributed by atoms with Crippen molar-refractivity contribution in [1.29, 1.82) is 0 Å². The van der Waals surface area contributed by atoms with Crippen molar-refractivity contribution in [3.05, 3.63) is 29.8 Å². The molecule has 78 valence electrons. The van der Waals surface area contributed by atoms with Crippen LogP contribution in [0.2, 0.25) is 0 Å². The molecule has 1 aromatic carbocycles. The number of para-hydroxylation sites is 1. The van der Waals surface area contributed by atoms with Gasteiger partial charge in [-0.05, 0) is 18.6 Å². The largest absolute Gasteiger partial charge is 0.494 e. The summed E-state index contributed by atoms with van der Waals surface area (Å²) in [6.07, 6.45) is 0. The molecule has 0 aliphatic carbocycles. The van der Waals surface area contributed by atoms with E-state index in [4.69, 9.17) is 38.0 Å². The topological polar surface area (TPSA) is 9.23 Å². The van der Waals surface area contributed by atoms with Crippen molar-refractivity contribution < 1.29 is 4.74 Å². The molecule has 0 amide bonds. The van der Waals surface area contributed by atoms with Crippen LogP contribution in [0.5, 0.6) is 5.75 Å². The fourth-order valence-corrected chi connectivity index (χ4v) is 3.18. The first kappa shape index (κ1) is 12.2. The number of rotatable bonds is 4. The predicted molar refractivity (Wildman–Crippen MR) is 64.6 cm³/mol. The highest BCUT2D eigenvalue weighted by Crippen LogP contribution is 2.29. The molecule has 0 aromatic heterocycles. The molecular formula is C9H11Cl3OSi. The minimum atomic E-state index is -2.62. The van der Waals surface area contributed by atoms with Gasteiger partial charge >= 0.3 is 6.00 Å². The average molecular weight is 270 g/mol. The minimum absolute atomic E-state index is 0.494. The van der Waals surface area contributed by atoms with Crippen LogP contribution in [0.4, 0.5) is 0 Å². The Morgan fingerprint density at radius 1 is 1.21 bits per heavy atom. The molecule has 0 bridgehead atoms. The molecule has 0 aliphatic heterocycles. The highest BCUT2D eigenvalue weighted by atomic mass is 35.8. The van der Waals surface area contributed by atoms with E-state index >= 15 is 0 Å². The van der Waals surface area contributed by atoms with Gasteiger partial charge in [-0.25, -0.2) is 0 Å². The van der Waals surface area contributed by atoms with Crippen LogP contribution in [0, 0.1) is 0 Å². The van der Waals surface area contributed by atoms with Gasteiger partial charge in [-0.15, -0.1) is 33.2 Å². The number of hydrogen-bond donors (Lipinski definition) is 0. The van der Waals surface area contributed by atoms with Crippen molar-refractivity contribution in [3.63, 3.8) is 0 Å². The quantitative estimate of drug-likeness (QED) is 0.596. The molecule has 1 nitrogen and oxygen atoms in total. The summed E-state index contributed by atoms with van der Waals surface area (Å²) < 4.78 is 5.43. The number of hydrogen-bond acceptors (Lipinski definition) is 1. The fourth-order valence-electron chi connectivity index (χ4n) is 1.16. The Balaban J connectivity index is 2.84. The molecule has 0 heterocycles. The Kier molecular flexibility index (Phi) is 4.58. The van der Waals surface area contributed by atoms with Gasteiger partial charge in [-0.1, -0.05) is 18.2 Å². The summed E-state index contributed by atoms with van der Waals surface area (Å²) in [6, 6.07) is 5.53. The molecule has 5 heteroatoms. The van der Waals surface area contributed by atoms with E-state index in [1.54, 1.807) is 0 Å². The maximum absolute atomic E-state index is 5.85. The second-order valence-electron chi connectivity index (χ2n) is 2.83. The number of ether oxygens (including phenoxy) is 1. The first-order valence-electron chi connectivity index (χ1n) is 4.30. The Bertz CT molecular complexity index is 298. The lowest BCUT2D eigenvalue weighted by atomic mass is 10.2. The van der Waals surface area contributed by atoms with Gasteiger partial charge in [-0.3, -0.25) is 0 Å². The van der Waals surface area contributed by atoms with Gasteiger partial charge in [0.25, 0.3) is 0 Å². The molecule has 14 heavy (non-hydrogen) atoms. The second kappa shape index (κ2) is 5.26. The predicted octanol–water partition coefficient (Wildman–Crippen LogP) is 3.82. The molecule has 1 aromatic rings.